The zero-order valence-corrected chi connectivity index (χ0v) is 16.4. The minimum atomic E-state index is -3.94. The first kappa shape index (κ1) is 22.1. The smallest absolute Gasteiger partial charge is 0.262 e. The Balaban J connectivity index is 1.59. The summed E-state index contributed by atoms with van der Waals surface area (Å²) in [5.74, 6) is -5.89. The fraction of sp³-hybridized carbons (Fsp3) is 0.0500. The van der Waals surface area contributed by atoms with Crippen molar-refractivity contribution in [2.24, 2.45) is 0 Å². The molecule has 6 nitrogen and oxygen atoms in total. The molecule has 3 aromatic rings. The number of hydrogen-bond donors (Lipinski definition) is 2. The number of benzene rings is 3. The monoisotopic (exact) mass is 454 g/mol. The van der Waals surface area contributed by atoms with Crippen molar-refractivity contribution in [1.29, 1.82) is 0 Å². The van der Waals surface area contributed by atoms with Crippen LogP contribution in [0.25, 0.3) is 0 Å². The van der Waals surface area contributed by atoms with E-state index in [1.165, 1.54) is 36.4 Å². The Hall–Kier alpha value is -3.60. The van der Waals surface area contributed by atoms with Gasteiger partial charge in [-0.2, -0.15) is 0 Å². The normalized spacial score (nSPS) is 11.1. The van der Waals surface area contributed by atoms with Gasteiger partial charge in [0.25, 0.3) is 15.9 Å². The van der Waals surface area contributed by atoms with Crippen LogP contribution in [0.15, 0.2) is 65.6 Å². The Bertz CT molecular complexity index is 1200. The number of carbonyl (C=O) groups excluding carboxylic acids is 1. The van der Waals surface area contributed by atoms with Crippen molar-refractivity contribution >= 4 is 27.3 Å². The summed E-state index contributed by atoms with van der Waals surface area (Å²) in [5.41, 5.74) is -0.385. The summed E-state index contributed by atoms with van der Waals surface area (Å²) >= 11 is 0. The second-order valence-electron chi connectivity index (χ2n) is 6.14. The fourth-order valence-corrected chi connectivity index (χ4v) is 3.46. The van der Waals surface area contributed by atoms with E-state index >= 15 is 0 Å². The molecule has 0 heterocycles. The molecule has 0 aliphatic rings. The summed E-state index contributed by atoms with van der Waals surface area (Å²) in [6.07, 6.45) is 0. The first-order valence-electron chi connectivity index (χ1n) is 8.60. The lowest BCUT2D eigenvalue weighted by Crippen LogP contribution is -2.21. The van der Waals surface area contributed by atoms with Gasteiger partial charge in [-0.1, -0.05) is 0 Å². The molecule has 3 rings (SSSR count). The third kappa shape index (κ3) is 5.51. The zero-order valence-electron chi connectivity index (χ0n) is 15.5. The van der Waals surface area contributed by atoms with E-state index in [4.69, 9.17) is 4.74 Å². The van der Waals surface area contributed by atoms with E-state index in [-0.39, 0.29) is 16.3 Å². The van der Waals surface area contributed by atoms with Crippen molar-refractivity contribution in [3.63, 3.8) is 0 Å². The van der Waals surface area contributed by atoms with Gasteiger partial charge in [0.1, 0.15) is 11.6 Å². The highest BCUT2D eigenvalue weighted by molar-refractivity contribution is 7.92. The Morgan fingerprint density at radius 2 is 1.48 bits per heavy atom. The van der Waals surface area contributed by atoms with Gasteiger partial charge in [0.2, 0.25) is 0 Å². The molecule has 0 radical (unpaired) electrons. The van der Waals surface area contributed by atoms with Crippen LogP contribution in [0.2, 0.25) is 0 Å². The molecule has 0 fully saturated rings. The third-order valence-corrected chi connectivity index (χ3v) is 5.31. The van der Waals surface area contributed by atoms with Gasteiger partial charge in [-0.15, -0.1) is 0 Å². The van der Waals surface area contributed by atoms with Crippen LogP contribution < -0.4 is 14.8 Å². The van der Waals surface area contributed by atoms with Crippen LogP contribution in [-0.4, -0.2) is 20.9 Å². The molecule has 11 heteroatoms. The number of carbonyl (C=O) groups is 1. The maximum Gasteiger partial charge on any atom is 0.262 e. The fourth-order valence-electron chi connectivity index (χ4n) is 2.40. The second-order valence-corrected chi connectivity index (χ2v) is 7.83. The molecule has 0 aliphatic carbocycles. The van der Waals surface area contributed by atoms with Gasteiger partial charge in [0.05, 0.1) is 10.6 Å². The molecule has 0 aromatic heterocycles. The van der Waals surface area contributed by atoms with Gasteiger partial charge >= 0.3 is 0 Å². The highest BCUT2D eigenvalue weighted by Crippen LogP contribution is 2.21. The molecule has 0 unspecified atom stereocenters. The van der Waals surface area contributed by atoms with Crippen LogP contribution in [0.4, 0.5) is 28.9 Å². The summed E-state index contributed by atoms with van der Waals surface area (Å²) in [6, 6.07) is 11.3. The SMILES string of the molecule is O=C(COc1ccc(S(=O)(=O)Nc2ccc(F)cc2)cc1)Nc1ccc(F)c(F)c1F. The quantitative estimate of drug-likeness (QED) is 0.417. The lowest BCUT2D eigenvalue weighted by Gasteiger charge is -2.10. The first-order valence-corrected chi connectivity index (χ1v) is 10.1. The van der Waals surface area contributed by atoms with Crippen LogP contribution in [0.5, 0.6) is 5.75 Å². The summed E-state index contributed by atoms with van der Waals surface area (Å²) < 4.78 is 84.7. The molecule has 0 saturated heterocycles. The van der Waals surface area contributed by atoms with E-state index in [9.17, 15) is 30.8 Å². The summed E-state index contributed by atoms with van der Waals surface area (Å²) in [7, 11) is -3.94. The Kier molecular flexibility index (Phi) is 6.44. The van der Waals surface area contributed by atoms with E-state index in [2.05, 4.69) is 4.72 Å². The number of halogens is 4. The predicted octanol–water partition coefficient (Wildman–Crippen LogP) is 4.06. The number of ether oxygens (including phenoxy) is 1. The molecular weight excluding hydrogens is 440 g/mol. The van der Waals surface area contributed by atoms with Crippen molar-refractivity contribution in [2.75, 3.05) is 16.6 Å². The topological polar surface area (TPSA) is 84.5 Å². The van der Waals surface area contributed by atoms with Crippen LogP contribution in [0.3, 0.4) is 0 Å². The number of hydrogen-bond acceptors (Lipinski definition) is 4. The maximum absolute atomic E-state index is 13.6. The lowest BCUT2D eigenvalue weighted by molar-refractivity contribution is -0.118. The minimum Gasteiger partial charge on any atom is -0.484 e. The molecule has 0 atom stereocenters. The minimum absolute atomic E-state index is 0.113. The van der Waals surface area contributed by atoms with Gasteiger partial charge in [-0.05, 0) is 60.7 Å². The lowest BCUT2D eigenvalue weighted by atomic mass is 10.3. The van der Waals surface area contributed by atoms with E-state index in [0.717, 1.165) is 18.2 Å². The van der Waals surface area contributed by atoms with E-state index < -0.39 is 51.5 Å². The van der Waals surface area contributed by atoms with Gasteiger partial charge < -0.3 is 10.1 Å². The average Bonchev–Trinajstić information content (AvgIpc) is 2.74. The molecule has 3 aromatic carbocycles. The van der Waals surface area contributed by atoms with Crippen LogP contribution in [0.1, 0.15) is 0 Å². The number of nitrogens with one attached hydrogen (secondary N) is 2. The third-order valence-electron chi connectivity index (χ3n) is 3.91. The molecule has 0 bridgehead atoms. The van der Waals surface area contributed by atoms with Gasteiger partial charge in [-0.25, -0.2) is 26.0 Å². The zero-order chi connectivity index (χ0) is 22.6. The number of anilines is 2. The average molecular weight is 454 g/mol. The number of sulfonamides is 1. The van der Waals surface area contributed by atoms with Crippen molar-refractivity contribution in [1.82, 2.24) is 0 Å². The molecule has 1 amide bonds. The Morgan fingerprint density at radius 1 is 0.839 bits per heavy atom. The molecule has 0 saturated carbocycles. The standard InChI is InChI=1S/C20H14F4N2O4S/c21-12-1-3-13(4-2-12)26-31(28,29)15-7-5-14(6-8-15)30-11-18(27)25-17-10-9-16(22)19(23)20(17)24/h1-10,26H,11H2,(H,25,27). The van der Waals surface area contributed by atoms with E-state index in [1.54, 1.807) is 0 Å². The van der Waals surface area contributed by atoms with E-state index in [0.29, 0.717) is 6.07 Å². The van der Waals surface area contributed by atoms with Gasteiger partial charge in [0.15, 0.2) is 24.1 Å². The van der Waals surface area contributed by atoms with Crippen LogP contribution >= 0.6 is 0 Å². The van der Waals surface area contributed by atoms with Crippen molar-refractivity contribution in [3.05, 3.63) is 83.9 Å². The second kappa shape index (κ2) is 9.04. The molecular formula is C20H14F4N2O4S. The van der Waals surface area contributed by atoms with Crippen molar-refractivity contribution < 1.29 is 35.5 Å². The predicted molar refractivity (Wildman–Crippen MR) is 104 cm³/mol. The molecule has 2 N–H and O–H groups in total. The highest BCUT2D eigenvalue weighted by atomic mass is 32.2. The Labute approximate surface area is 174 Å². The molecule has 0 aliphatic heterocycles. The summed E-state index contributed by atoms with van der Waals surface area (Å²) in [4.78, 5) is 11.7. The molecule has 0 spiro atoms. The largest absolute Gasteiger partial charge is 0.484 e. The van der Waals surface area contributed by atoms with Crippen molar-refractivity contribution in [3.8, 4) is 5.75 Å². The Morgan fingerprint density at radius 3 is 2.13 bits per heavy atom. The van der Waals surface area contributed by atoms with Crippen LogP contribution in [-0.2, 0) is 14.8 Å². The van der Waals surface area contributed by atoms with Crippen LogP contribution in [0, 0.1) is 23.3 Å². The molecule has 31 heavy (non-hydrogen) atoms. The van der Waals surface area contributed by atoms with Gasteiger partial charge in [-0.3, -0.25) is 9.52 Å². The highest BCUT2D eigenvalue weighted by Gasteiger charge is 2.16. The maximum atomic E-state index is 13.6. The summed E-state index contributed by atoms with van der Waals surface area (Å²) in [5, 5.41) is 2.04. The number of rotatable bonds is 7. The molecule has 162 valence electrons. The summed E-state index contributed by atoms with van der Waals surface area (Å²) in [6.45, 7) is -0.599. The number of amides is 1. The van der Waals surface area contributed by atoms with E-state index in [1.807, 2.05) is 5.32 Å². The van der Waals surface area contributed by atoms with Crippen molar-refractivity contribution in [2.45, 2.75) is 4.90 Å². The van der Waals surface area contributed by atoms with Gasteiger partial charge in [0, 0.05) is 5.69 Å². The first-order chi connectivity index (χ1) is 14.7.